The Bertz CT molecular complexity index is 1260. The largest absolute Gasteiger partial charge is 0.465 e. The maximum Gasteiger partial charge on any atom is 0.419 e. The number of fused-ring (bicyclic) bond motifs is 1. The highest BCUT2D eigenvalue weighted by molar-refractivity contribution is 8.02. The van der Waals surface area contributed by atoms with E-state index in [-0.39, 0.29) is 6.61 Å². The van der Waals surface area contributed by atoms with Crippen molar-refractivity contribution in [3.8, 4) is 0 Å². The van der Waals surface area contributed by atoms with Crippen LogP contribution in [-0.4, -0.2) is 23.7 Å². The summed E-state index contributed by atoms with van der Waals surface area (Å²) in [7, 11) is 1.34. The number of benzene rings is 3. The molecule has 0 saturated carbocycles. The first kappa shape index (κ1) is 21.5. The van der Waals surface area contributed by atoms with Gasteiger partial charge in [0.05, 0.1) is 23.9 Å². The Morgan fingerprint density at radius 1 is 0.938 bits per heavy atom. The molecule has 0 saturated heterocycles. The first-order valence-electron chi connectivity index (χ1n) is 9.99. The second-order valence-electron chi connectivity index (χ2n) is 6.94. The van der Waals surface area contributed by atoms with Crippen LogP contribution in [0.25, 0.3) is 17.0 Å². The zero-order valence-electron chi connectivity index (χ0n) is 17.4. The van der Waals surface area contributed by atoms with Gasteiger partial charge in [0.2, 0.25) is 0 Å². The Hall–Kier alpha value is -3.77. The van der Waals surface area contributed by atoms with E-state index in [0.29, 0.717) is 16.8 Å². The van der Waals surface area contributed by atoms with E-state index in [4.69, 9.17) is 9.47 Å². The van der Waals surface area contributed by atoms with Gasteiger partial charge in [0.25, 0.3) is 0 Å². The molecule has 4 rings (SSSR count). The monoisotopic (exact) mass is 443 g/mol. The van der Waals surface area contributed by atoms with E-state index >= 15 is 0 Å². The molecule has 1 heterocycles. The van der Waals surface area contributed by atoms with Crippen LogP contribution in [0.4, 0.5) is 4.79 Å². The number of nitrogens with zero attached hydrogens (tertiary/aromatic N) is 1. The van der Waals surface area contributed by atoms with Crippen LogP contribution in [0.2, 0.25) is 0 Å². The molecular formula is C26H21NO4S. The SMILES string of the molecule is COC(=O)c1ccc2c(c1)cc(/C=C/Sc1ccccc1)n2C(=O)OCc1ccccc1. The lowest BCUT2D eigenvalue weighted by Gasteiger charge is -2.09. The van der Waals surface area contributed by atoms with Gasteiger partial charge < -0.3 is 9.47 Å². The molecule has 0 atom stereocenters. The molecule has 0 bridgehead atoms. The average Bonchev–Trinajstić information content (AvgIpc) is 3.21. The molecule has 32 heavy (non-hydrogen) atoms. The van der Waals surface area contributed by atoms with Crippen molar-refractivity contribution >= 4 is 40.8 Å². The van der Waals surface area contributed by atoms with Crippen molar-refractivity contribution in [2.45, 2.75) is 11.5 Å². The summed E-state index contributed by atoms with van der Waals surface area (Å²) in [5.74, 6) is -0.428. The van der Waals surface area contributed by atoms with Gasteiger partial charge in [-0.25, -0.2) is 14.2 Å². The zero-order chi connectivity index (χ0) is 22.3. The number of ether oxygens (including phenoxy) is 2. The third-order valence-electron chi connectivity index (χ3n) is 4.82. The molecule has 0 radical (unpaired) electrons. The molecule has 0 aliphatic carbocycles. The normalized spacial score (nSPS) is 11.0. The third kappa shape index (κ3) is 4.92. The molecule has 6 heteroatoms. The smallest absolute Gasteiger partial charge is 0.419 e. The Kier molecular flexibility index (Phi) is 6.72. The van der Waals surface area contributed by atoms with Crippen molar-refractivity contribution in [2.24, 2.45) is 0 Å². The second-order valence-corrected chi connectivity index (χ2v) is 7.92. The number of methoxy groups -OCH3 is 1. The Labute approximate surface area is 190 Å². The number of hydrogen-bond acceptors (Lipinski definition) is 5. The molecule has 5 nitrogen and oxygen atoms in total. The Morgan fingerprint density at radius 3 is 2.38 bits per heavy atom. The summed E-state index contributed by atoms with van der Waals surface area (Å²) >= 11 is 1.55. The van der Waals surface area contributed by atoms with Crippen molar-refractivity contribution in [3.63, 3.8) is 0 Å². The number of thioether (sulfide) groups is 1. The van der Waals surface area contributed by atoms with Crippen LogP contribution in [0.5, 0.6) is 0 Å². The summed E-state index contributed by atoms with van der Waals surface area (Å²) < 4.78 is 11.9. The third-order valence-corrected chi connectivity index (χ3v) is 5.64. The van der Waals surface area contributed by atoms with Crippen LogP contribution >= 0.6 is 11.8 Å². The number of carbonyl (C=O) groups excluding carboxylic acids is 2. The van der Waals surface area contributed by atoms with E-state index in [1.54, 1.807) is 30.0 Å². The first-order valence-corrected chi connectivity index (χ1v) is 10.9. The average molecular weight is 444 g/mol. The summed E-state index contributed by atoms with van der Waals surface area (Å²) in [5.41, 5.74) is 2.63. The van der Waals surface area contributed by atoms with Crippen LogP contribution in [0, 0.1) is 0 Å². The summed E-state index contributed by atoms with van der Waals surface area (Å²) in [6.45, 7) is 0.168. The minimum Gasteiger partial charge on any atom is -0.465 e. The minimum absolute atomic E-state index is 0.168. The lowest BCUT2D eigenvalue weighted by molar-refractivity contribution is 0.0601. The number of esters is 1. The minimum atomic E-state index is -0.487. The predicted molar refractivity (Wildman–Crippen MR) is 127 cm³/mol. The molecule has 0 aliphatic heterocycles. The van der Waals surface area contributed by atoms with Gasteiger partial charge in [0.1, 0.15) is 6.61 Å². The molecule has 0 amide bonds. The van der Waals surface area contributed by atoms with Crippen molar-refractivity contribution < 1.29 is 19.1 Å². The fraction of sp³-hybridized carbons (Fsp3) is 0.0769. The Morgan fingerprint density at radius 2 is 1.66 bits per heavy atom. The molecular weight excluding hydrogens is 422 g/mol. The molecule has 4 aromatic rings. The summed E-state index contributed by atoms with van der Waals surface area (Å²) in [5, 5.41) is 2.67. The fourth-order valence-corrected chi connectivity index (χ4v) is 3.95. The molecule has 3 aromatic carbocycles. The second kappa shape index (κ2) is 10.0. The van der Waals surface area contributed by atoms with Crippen LogP contribution in [-0.2, 0) is 16.1 Å². The highest BCUT2D eigenvalue weighted by Gasteiger charge is 2.17. The maximum absolute atomic E-state index is 13.0. The first-order chi connectivity index (χ1) is 15.7. The van der Waals surface area contributed by atoms with E-state index in [0.717, 1.165) is 15.8 Å². The molecule has 0 spiro atoms. The molecule has 160 valence electrons. The summed E-state index contributed by atoms with van der Waals surface area (Å²) in [6.07, 6.45) is 1.37. The van der Waals surface area contributed by atoms with Gasteiger partial charge in [-0.1, -0.05) is 60.3 Å². The van der Waals surface area contributed by atoms with Crippen molar-refractivity contribution in [2.75, 3.05) is 7.11 Å². The fourth-order valence-electron chi connectivity index (χ4n) is 3.27. The van der Waals surface area contributed by atoms with E-state index in [2.05, 4.69) is 0 Å². The number of aromatic nitrogens is 1. The van der Waals surface area contributed by atoms with Crippen LogP contribution in [0.1, 0.15) is 21.6 Å². The zero-order valence-corrected chi connectivity index (χ0v) is 18.2. The van der Waals surface area contributed by atoms with Crippen molar-refractivity contribution in [1.82, 2.24) is 4.57 Å². The molecule has 0 aliphatic rings. The maximum atomic E-state index is 13.0. The molecule has 1 aromatic heterocycles. The number of carbonyl (C=O) groups is 2. The van der Waals surface area contributed by atoms with Crippen LogP contribution in [0.15, 0.2) is 95.2 Å². The predicted octanol–water partition coefficient (Wildman–Crippen LogP) is 6.38. The Balaban J connectivity index is 1.66. The van der Waals surface area contributed by atoms with Crippen LogP contribution < -0.4 is 0 Å². The van der Waals surface area contributed by atoms with Gasteiger partial charge in [0, 0.05) is 10.3 Å². The summed E-state index contributed by atoms with van der Waals surface area (Å²) in [4.78, 5) is 26.1. The quantitative estimate of drug-likeness (QED) is 0.256. The topological polar surface area (TPSA) is 57.5 Å². The van der Waals surface area contributed by atoms with Gasteiger partial charge in [-0.2, -0.15) is 0 Å². The van der Waals surface area contributed by atoms with Gasteiger partial charge in [-0.15, -0.1) is 0 Å². The van der Waals surface area contributed by atoms with Gasteiger partial charge >= 0.3 is 12.1 Å². The molecule has 0 fully saturated rings. The lowest BCUT2D eigenvalue weighted by Crippen LogP contribution is -2.14. The van der Waals surface area contributed by atoms with Crippen molar-refractivity contribution in [1.29, 1.82) is 0 Å². The van der Waals surface area contributed by atoms with Gasteiger partial charge in [0.15, 0.2) is 0 Å². The van der Waals surface area contributed by atoms with E-state index in [1.165, 1.54) is 11.7 Å². The molecule has 0 unspecified atom stereocenters. The number of rotatable bonds is 6. The van der Waals surface area contributed by atoms with E-state index in [9.17, 15) is 9.59 Å². The standard InChI is InChI=1S/C26H21NO4S/c1-30-25(28)20-12-13-24-21(16-20)17-22(14-15-32-23-10-6-3-7-11-23)27(24)26(29)31-18-19-8-4-2-5-9-19/h2-17H,18H2,1H3/b15-14+. The lowest BCUT2D eigenvalue weighted by atomic mass is 10.1. The van der Waals surface area contributed by atoms with E-state index in [1.807, 2.05) is 78.2 Å². The molecule has 0 N–H and O–H groups in total. The summed E-state index contributed by atoms with van der Waals surface area (Å²) in [6, 6.07) is 26.4. The van der Waals surface area contributed by atoms with Gasteiger partial charge in [-0.05, 0) is 53.4 Å². The van der Waals surface area contributed by atoms with Crippen molar-refractivity contribution in [3.05, 3.63) is 107 Å². The van der Waals surface area contributed by atoms with Gasteiger partial charge in [-0.3, -0.25) is 0 Å². The highest BCUT2D eigenvalue weighted by Crippen LogP contribution is 2.26. The number of hydrogen-bond donors (Lipinski definition) is 0. The van der Waals surface area contributed by atoms with E-state index < -0.39 is 12.1 Å². The highest BCUT2D eigenvalue weighted by atomic mass is 32.2. The van der Waals surface area contributed by atoms with Crippen LogP contribution in [0.3, 0.4) is 0 Å².